The summed E-state index contributed by atoms with van der Waals surface area (Å²) >= 11 is 24.1. The molecule has 3 amide bonds. The zero-order valence-electron chi connectivity index (χ0n) is 14.7. The summed E-state index contributed by atoms with van der Waals surface area (Å²) < 4.78 is 0. The smallest absolute Gasteiger partial charge is 0.304 e. The summed E-state index contributed by atoms with van der Waals surface area (Å²) in [6.07, 6.45) is 0. The van der Waals surface area contributed by atoms with Crippen LogP contribution in [0, 0.1) is 0 Å². The number of para-hydroxylation sites is 1. The Kier molecular flexibility index (Phi) is 6.87. The van der Waals surface area contributed by atoms with E-state index in [1.165, 1.54) is 18.2 Å². The maximum Gasteiger partial charge on any atom is 0.341 e. The lowest BCUT2D eigenvalue weighted by molar-refractivity contribution is 0.0687. The third-order valence-corrected chi connectivity index (χ3v) is 4.64. The van der Waals surface area contributed by atoms with Gasteiger partial charge in [0.15, 0.2) is 0 Å². The Morgan fingerprint density at radius 1 is 0.926 bits per heavy atom. The fourth-order valence-corrected chi connectivity index (χ4v) is 3.12. The SMILES string of the molecule is CC(C)(C)N(NC(=O)c1ccc(Cl)cc1Cl)C(=O)Nc1c(Cl)cccc1Cl. The van der Waals surface area contributed by atoms with E-state index in [1.807, 2.05) is 0 Å². The highest BCUT2D eigenvalue weighted by Crippen LogP contribution is 2.30. The Bertz CT molecular complexity index is 861. The molecule has 0 bridgehead atoms. The quantitative estimate of drug-likeness (QED) is 0.531. The number of hydrogen-bond acceptors (Lipinski definition) is 2. The van der Waals surface area contributed by atoms with Gasteiger partial charge < -0.3 is 5.32 Å². The number of halogens is 4. The minimum atomic E-state index is -0.758. The van der Waals surface area contributed by atoms with E-state index in [-0.39, 0.29) is 26.3 Å². The second-order valence-corrected chi connectivity index (χ2v) is 8.26. The van der Waals surface area contributed by atoms with Gasteiger partial charge in [-0.05, 0) is 51.1 Å². The molecule has 2 aromatic carbocycles. The van der Waals surface area contributed by atoms with Gasteiger partial charge in [-0.15, -0.1) is 0 Å². The Labute approximate surface area is 177 Å². The van der Waals surface area contributed by atoms with Crippen LogP contribution in [0.4, 0.5) is 10.5 Å². The third kappa shape index (κ3) is 5.42. The molecule has 0 atom stereocenters. The number of nitrogens with zero attached hydrogens (tertiary/aromatic N) is 1. The summed E-state index contributed by atoms with van der Waals surface area (Å²) in [5.41, 5.74) is 2.23. The lowest BCUT2D eigenvalue weighted by Crippen LogP contribution is -2.57. The Morgan fingerprint density at radius 3 is 2.04 bits per heavy atom. The molecule has 144 valence electrons. The fourth-order valence-electron chi connectivity index (χ4n) is 2.14. The normalized spacial score (nSPS) is 11.1. The summed E-state index contributed by atoms with van der Waals surface area (Å²) in [5, 5.41) is 4.88. The van der Waals surface area contributed by atoms with Crippen LogP contribution in [-0.4, -0.2) is 22.5 Å². The van der Waals surface area contributed by atoms with Crippen molar-refractivity contribution in [3.63, 3.8) is 0 Å². The van der Waals surface area contributed by atoms with Crippen LogP contribution in [0.3, 0.4) is 0 Å². The molecule has 0 fully saturated rings. The third-order valence-electron chi connectivity index (χ3n) is 3.46. The van der Waals surface area contributed by atoms with E-state index in [0.717, 1.165) is 5.01 Å². The number of benzene rings is 2. The van der Waals surface area contributed by atoms with Crippen molar-refractivity contribution in [1.29, 1.82) is 0 Å². The van der Waals surface area contributed by atoms with Gasteiger partial charge in [0.05, 0.1) is 31.9 Å². The van der Waals surface area contributed by atoms with E-state index >= 15 is 0 Å². The number of rotatable bonds is 2. The second-order valence-electron chi connectivity index (χ2n) is 6.60. The lowest BCUT2D eigenvalue weighted by Gasteiger charge is -2.35. The highest BCUT2D eigenvalue weighted by atomic mass is 35.5. The topological polar surface area (TPSA) is 61.4 Å². The first-order valence-corrected chi connectivity index (χ1v) is 9.33. The predicted octanol–water partition coefficient (Wildman–Crippen LogP) is 6.28. The van der Waals surface area contributed by atoms with Gasteiger partial charge in [-0.3, -0.25) is 10.2 Å². The molecule has 0 aromatic heterocycles. The van der Waals surface area contributed by atoms with Gasteiger partial charge in [0.2, 0.25) is 0 Å². The highest BCUT2D eigenvalue weighted by Gasteiger charge is 2.30. The van der Waals surface area contributed by atoms with E-state index in [2.05, 4.69) is 10.7 Å². The predicted molar refractivity (Wildman–Crippen MR) is 111 cm³/mol. The van der Waals surface area contributed by atoms with Crippen LogP contribution in [0.15, 0.2) is 36.4 Å². The van der Waals surface area contributed by atoms with Crippen LogP contribution in [0.1, 0.15) is 31.1 Å². The van der Waals surface area contributed by atoms with Crippen molar-refractivity contribution in [3.8, 4) is 0 Å². The zero-order chi connectivity index (χ0) is 20.4. The Hall–Kier alpha value is -1.66. The molecular weight excluding hydrogens is 432 g/mol. The molecule has 0 radical (unpaired) electrons. The molecule has 9 heteroatoms. The number of hydrazine groups is 1. The standard InChI is InChI=1S/C18H17Cl4N3O2/c1-18(2,3)25(17(27)23-15-12(20)5-4-6-13(15)21)24-16(26)11-8-7-10(19)9-14(11)22/h4-9H,1-3H3,(H,23,27)(H,24,26). The summed E-state index contributed by atoms with van der Waals surface area (Å²) in [6.45, 7) is 5.26. The van der Waals surface area contributed by atoms with Crippen LogP contribution in [0.5, 0.6) is 0 Å². The maximum absolute atomic E-state index is 12.8. The van der Waals surface area contributed by atoms with Crippen molar-refractivity contribution in [2.75, 3.05) is 5.32 Å². The molecule has 27 heavy (non-hydrogen) atoms. The summed E-state index contributed by atoms with van der Waals surface area (Å²) in [6, 6.07) is 8.69. The number of urea groups is 1. The van der Waals surface area contributed by atoms with Crippen molar-refractivity contribution in [3.05, 3.63) is 62.1 Å². The van der Waals surface area contributed by atoms with Gasteiger partial charge in [-0.1, -0.05) is 52.5 Å². The van der Waals surface area contributed by atoms with E-state index < -0.39 is 17.5 Å². The first-order valence-electron chi connectivity index (χ1n) is 7.82. The molecular formula is C18H17Cl4N3O2. The maximum atomic E-state index is 12.8. The average molecular weight is 449 g/mol. The molecule has 0 aliphatic carbocycles. The number of carbonyl (C=O) groups is 2. The van der Waals surface area contributed by atoms with Crippen LogP contribution in [0.2, 0.25) is 20.1 Å². The lowest BCUT2D eigenvalue weighted by atomic mass is 10.1. The van der Waals surface area contributed by atoms with Crippen LogP contribution in [0.25, 0.3) is 0 Å². The van der Waals surface area contributed by atoms with E-state index in [1.54, 1.807) is 39.0 Å². The molecule has 2 N–H and O–H groups in total. The number of amides is 3. The Morgan fingerprint density at radius 2 is 1.52 bits per heavy atom. The number of nitrogens with one attached hydrogen (secondary N) is 2. The fraction of sp³-hybridized carbons (Fsp3) is 0.222. The molecule has 0 heterocycles. The molecule has 0 saturated carbocycles. The number of anilines is 1. The van der Waals surface area contributed by atoms with E-state index in [9.17, 15) is 9.59 Å². The van der Waals surface area contributed by atoms with Crippen LogP contribution < -0.4 is 10.7 Å². The molecule has 0 spiro atoms. The monoisotopic (exact) mass is 447 g/mol. The minimum Gasteiger partial charge on any atom is -0.304 e. The number of hydrogen-bond donors (Lipinski definition) is 2. The number of carbonyl (C=O) groups excluding carboxylic acids is 2. The first kappa shape index (κ1) is 21.6. The average Bonchev–Trinajstić information content (AvgIpc) is 2.54. The van der Waals surface area contributed by atoms with Crippen molar-refractivity contribution in [2.24, 2.45) is 0 Å². The molecule has 5 nitrogen and oxygen atoms in total. The largest absolute Gasteiger partial charge is 0.341 e. The summed E-state index contributed by atoms with van der Waals surface area (Å²) in [5.74, 6) is -0.563. The van der Waals surface area contributed by atoms with Gasteiger partial charge in [0.1, 0.15) is 0 Å². The molecule has 0 unspecified atom stereocenters. The van der Waals surface area contributed by atoms with Crippen molar-refractivity contribution in [2.45, 2.75) is 26.3 Å². The molecule has 0 aliphatic heterocycles. The first-order chi connectivity index (χ1) is 12.5. The van der Waals surface area contributed by atoms with Gasteiger partial charge in [0.25, 0.3) is 5.91 Å². The van der Waals surface area contributed by atoms with Crippen molar-refractivity contribution < 1.29 is 9.59 Å². The minimum absolute atomic E-state index is 0.170. The molecule has 0 saturated heterocycles. The second kappa shape index (κ2) is 8.57. The van der Waals surface area contributed by atoms with Crippen LogP contribution in [-0.2, 0) is 0 Å². The Balaban J connectivity index is 2.27. The van der Waals surface area contributed by atoms with Crippen LogP contribution >= 0.6 is 46.4 Å². The molecule has 0 aliphatic rings. The highest BCUT2D eigenvalue weighted by molar-refractivity contribution is 6.39. The van der Waals surface area contributed by atoms with Gasteiger partial charge in [-0.25, -0.2) is 9.80 Å². The zero-order valence-corrected chi connectivity index (χ0v) is 17.8. The molecule has 2 aromatic rings. The van der Waals surface area contributed by atoms with E-state index in [0.29, 0.717) is 5.02 Å². The molecule has 2 rings (SSSR count). The van der Waals surface area contributed by atoms with Crippen molar-refractivity contribution in [1.82, 2.24) is 10.4 Å². The summed E-state index contributed by atoms with van der Waals surface area (Å²) in [4.78, 5) is 25.4. The van der Waals surface area contributed by atoms with Gasteiger partial charge in [0, 0.05) is 5.02 Å². The summed E-state index contributed by atoms with van der Waals surface area (Å²) in [7, 11) is 0. The van der Waals surface area contributed by atoms with Crippen molar-refractivity contribution >= 4 is 64.0 Å². The van der Waals surface area contributed by atoms with Gasteiger partial charge >= 0.3 is 6.03 Å². The van der Waals surface area contributed by atoms with E-state index in [4.69, 9.17) is 46.4 Å². The van der Waals surface area contributed by atoms with Gasteiger partial charge in [-0.2, -0.15) is 0 Å².